The van der Waals surface area contributed by atoms with Crippen molar-refractivity contribution >= 4 is 23.3 Å². The number of amides is 1. The van der Waals surface area contributed by atoms with E-state index in [1.807, 2.05) is 19.1 Å². The summed E-state index contributed by atoms with van der Waals surface area (Å²) in [4.78, 5) is 26.1. The lowest BCUT2D eigenvalue weighted by Gasteiger charge is -2.30. The van der Waals surface area contributed by atoms with Crippen molar-refractivity contribution in [2.75, 3.05) is 43.1 Å². The third kappa shape index (κ3) is 4.69. The SMILES string of the molecule is CCCOC(=O)c1cc(NC(=O)CC)ccc1N1CCOCC1. The first-order valence-corrected chi connectivity index (χ1v) is 8.09. The summed E-state index contributed by atoms with van der Waals surface area (Å²) < 4.78 is 10.6. The number of hydrogen-bond acceptors (Lipinski definition) is 5. The summed E-state index contributed by atoms with van der Waals surface area (Å²) in [5, 5.41) is 2.78. The second-order valence-corrected chi connectivity index (χ2v) is 5.37. The Balaban J connectivity index is 2.27. The van der Waals surface area contributed by atoms with Gasteiger partial charge >= 0.3 is 5.97 Å². The molecule has 1 aliphatic rings. The number of carbonyl (C=O) groups is 2. The van der Waals surface area contributed by atoms with E-state index in [1.165, 1.54) is 0 Å². The van der Waals surface area contributed by atoms with Gasteiger partial charge < -0.3 is 19.7 Å². The summed E-state index contributed by atoms with van der Waals surface area (Å²) in [6, 6.07) is 5.37. The Hall–Kier alpha value is -2.08. The van der Waals surface area contributed by atoms with Crippen LogP contribution in [0.1, 0.15) is 37.0 Å². The minimum Gasteiger partial charge on any atom is -0.462 e. The highest BCUT2D eigenvalue weighted by Gasteiger charge is 2.20. The molecular formula is C17H24N2O4. The number of nitrogens with one attached hydrogen (secondary N) is 1. The normalized spacial score (nSPS) is 14.4. The minimum absolute atomic E-state index is 0.0861. The van der Waals surface area contributed by atoms with Crippen LogP contribution < -0.4 is 10.2 Å². The third-order valence-corrected chi connectivity index (χ3v) is 3.61. The van der Waals surface area contributed by atoms with Crippen molar-refractivity contribution in [2.24, 2.45) is 0 Å². The van der Waals surface area contributed by atoms with E-state index in [0.717, 1.165) is 25.2 Å². The molecular weight excluding hydrogens is 296 g/mol. The molecule has 0 unspecified atom stereocenters. The van der Waals surface area contributed by atoms with Crippen LogP contribution in [0.15, 0.2) is 18.2 Å². The fraction of sp³-hybridized carbons (Fsp3) is 0.529. The average molecular weight is 320 g/mol. The van der Waals surface area contributed by atoms with Gasteiger partial charge in [-0.1, -0.05) is 13.8 Å². The maximum absolute atomic E-state index is 12.4. The zero-order chi connectivity index (χ0) is 16.7. The van der Waals surface area contributed by atoms with Crippen LogP contribution in [0.5, 0.6) is 0 Å². The van der Waals surface area contributed by atoms with Crippen molar-refractivity contribution in [3.8, 4) is 0 Å². The van der Waals surface area contributed by atoms with Gasteiger partial charge in [-0.3, -0.25) is 4.79 Å². The molecule has 1 aliphatic heterocycles. The number of hydrogen-bond donors (Lipinski definition) is 1. The maximum Gasteiger partial charge on any atom is 0.340 e. The van der Waals surface area contributed by atoms with Gasteiger partial charge in [0.25, 0.3) is 0 Å². The number of rotatable bonds is 6. The molecule has 2 rings (SSSR count). The van der Waals surface area contributed by atoms with Crippen molar-refractivity contribution in [1.29, 1.82) is 0 Å². The molecule has 0 saturated carbocycles. The van der Waals surface area contributed by atoms with Crippen LogP contribution in [0.3, 0.4) is 0 Å². The van der Waals surface area contributed by atoms with Crippen LogP contribution in [0.2, 0.25) is 0 Å². The predicted octanol–water partition coefficient (Wildman–Crippen LogP) is 2.44. The first kappa shape index (κ1) is 17.3. The molecule has 1 saturated heterocycles. The highest BCUT2D eigenvalue weighted by molar-refractivity contribution is 5.99. The molecule has 0 bridgehead atoms. The summed E-state index contributed by atoms with van der Waals surface area (Å²) in [5.41, 5.74) is 1.91. The zero-order valence-electron chi connectivity index (χ0n) is 13.8. The molecule has 6 nitrogen and oxygen atoms in total. The molecule has 1 fully saturated rings. The summed E-state index contributed by atoms with van der Waals surface area (Å²) in [5.74, 6) is -0.446. The topological polar surface area (TPSA) is 67.9 Å². The molecule has 1 heterocycles. The predicted molar refractivity (Wildman–Crippen MR) is 89.0 cm³/mol. The van der Waals surface area contributed by atoms with E-state index in [4.69, 9.17) is 9.47 Å². The average Bonchev–Trinajstić information content (AvgIpc) is 2.60. The van der Waals surface area contributed by atoms with E-state index >= 15 is 0 Å². The molecule has 1 aromatic carbocycles. The molecule has 23 heavy (non-hydrogen) atoms. The lowest BCUT2D eigenvalue weighted by molar-refractivity contribution is -0.115. The Morgan fingerprint density at radius 2 is 2.00 bits per heavy atom. The van der Waals surface area contributed by atoms with Gasteiger partial charge in [0.2, 0.25) is 5.91 Å². The molecule has 0 spiro atoms. The van der Waals surface area contributed by atoms with Gasteiger partial charge in [0.15, 0.2) is 0 Å². The molecule has 1 N–H and O–H groups in total. The van der Waals surface area contributed by atoms with E-state index in [-0.39, 0.29) is 11.9 Å². The number of nitrogens with zero attached hydrogens (tertiary/aromatic N) is 1. The van der Waals surface area contributed by atoms with Crippen LogP contribution in [0, 0.1) is 0 Å². The fourth-order valence-electron chi connectivity index (χ4n) is 2.38. The summed E-state index contributed by atoms with van der Waals surface area (Å²) >= 11 is 0. The number of carbonyl (C=O) groups excluding carboxylic acids is 2. The Kier molecular flexibility index (Phi) is 6.40. The number of benzene rings is 1. The summed E-state index contributed by atoms with van der Waals surface area (Å²) in [6.45, 7) is 6.85. The van der Waals surface area contributed by atoms with Crippen molar-refractivity contribution < 1.29 is 19.1 Å². The van der Waals surface area contributed by atoms with Gasteiger partial charge in [0.05, 0.1) is 31.1 Å². The Labute approximate surface area is 136 Å². The standard InChI is InChI=1S/C17H24N2O4/c1-3-9-23-17(21)14-12-13(18-16(20)4-2)5-6-15(14)19-7-10-22-11-8-19/h5-6,12H,3-4,7-11H2,1-2H3,(H,18,20). The Bertz CT molecular complexity index is 554. The first-order chi connectivity index (χ1) is 11.2. The lowest BCUT2D eigenvalue weighted by atomic mass is 10.1. The lowest BCUT2D eigenvalue weighted by Crippen LogP contribution is -2.37. The molecule has 1 aromatic rings. The fourth-order valence-corrected chi connectivity index (χ4v) is 2.38. The smallest absolute Gasteiger partial charge is 0.340 e. The van der Waals surface area contributed by atoms with Crippen LogP contribution in [-0.2, 0) is 14.3 Å². The minimum atomic E-state index is -0.360. The van der Waals surface area contributed by atoms with E-state index < -0.39 is 0 Å². The van der Waals surface area contributed by atoms with Gasteiger partial charge in [-0.15, -0.1) is 0 Å². The van der Waals surface area contributed by atoms with Gasteiger partial charge in [-0.05, 0) is 24.6 Å². The van der Waals surface area contributed by atoms with Crippen LogP contribution >= 0.6 is 0 Å². The second-order valence-electron chi connectivity index (χ2n) is 5.37. The van der Waals surface area contributed by atoms with Gasteiger partial charge in [-0.25, -0.2) is 4.79 Å². The largest absolute Gasteiger partial charge is 0.462 e. The van der Waals surface area contributed by atoms with E-state index in [2.05, 4.69) is 10.2 Å². The summed E-state index contributed by atoms with van der Waals surface area (Å²) in [7, 11) is 0. The number of morpholine rings is 1. The molecule has 0 aliphatic carbocycles. The Morgan fingerprint density at radius 1 is 1.26 bits per heavy atom. The third-order valence-electron chi connectivity index (χ3n) is 3.61. The first-order valence-electron chi connectivity index (χ1n) is 8.09. The molecule has 1 amide bonds. The van der Waals surface area contributed by atoms with E-state index in [1.54, 1.807) is 13.0 Å². The highest BCUT2D eigenvalue weighted by Crippen LogP contribution is 2.26. The maximum atomic E-state index is 12.4. The molecule has 0 atom stereocenters. The van der Waals surface area contributed by atoms with Gasteiger partial charge in [0.1, 0.15) is 0 Å². The van der Waals surface area contributed by atoms with Gasteiger partial charge in [0, 0.05) is 25.2 Å². The van der Waals surface area contributed by atoms with Crippen molar-refractivity contribution in [3.05, 3.63) is 23.8 Å². The van der Waals surface area contributed by atoms with Crippen LogP contribution in [0.25, 0.3) is 0 Å². The van der Waals surface area contributed by atoms with E-state index in [9.17, 15) is 9.59 Å². The molecule has 126 valence electrons. The van der Waals surface area contributed by atoms with E-state index in [0.29, 0.717) is 37.5 Å². The number of esters is 1. The molecule has 0 aromatic heterocycles. The van der Waals surface area contributed by atoms with Crippen LogP contribution in [-0.4, -0.2) is 44.8 Å². The van der Waals surface area contributed by atoms with Crippen molar-refractivity contribution in [1.82, 2.24) is 0 Å². The summed E-state index contributed by atoms with van der Waals surface area (Å²) in [6.07, 6.45) is 1.16. The highest BCUT2D eigenvalue weighted by atomic mass is 16.5. The zero-order valence-corrected chi connectivity index (χ0v) is 13.8. The quantitative estimate of drug-likeness (QED) is 0.815. The monoisotopic (exact) mass is 320 g/mol. The van der Waals surface area contributed by atoms with Crippen molar-refractivity contribution in [2.45, 2.75) is 26.7 Å². The molecule has 6 heteroatoms. The second kappa shape index (κ2) is 8.53. The number of anilines is 2. The molecule has 0 radical (unpaired) electrons. The Morgan fingerprint density at radius 3 is 2.65 bits per heavy atom. The number of ether oxygens (including phenoxy) is 2. The van der Waals surface area contributed by atoms with Crippen LogP contribution in [0.4, 0.5) is 11.4 Å². The van der Waals surface area contributed by atoms with Gasteiger partial charge in [-0.2, -0.15) is 0 Å². The van der Waals surface area contributed by atoms with Crippen molar-refractivity contribution in [3.63, 3.8) is 0 Å².